The van der Waals surface area contributed by atoms with E-state index in [0.29, 0.717) is 13.2 Å². The molecule has 94 valence electrons. The minimum Gasteiger partial charge on any atom is -0.480 e. The number of aliphatic carboxylic acids is 1. The first-order chi connectivity index (χ1) is 8.18. The normalized spacial score (nSPS) is 23.5. The van der Waals surface area contributed by atoms with E-state index >= 15 is 0 Å². The molecule has 2 rings (SSSR count). The maximum atomic E-state index is 11.1. The van der Waals surface area contributed by atoms with Gasteiger partial charge in [-0.25, -0.2) is 0 Å². The molecule has 17 heavy (non-hydrogen) atoms. The maximum Gasteiger partial charge on any atom is 0.323 e. The van der Waals surface area contributed by atoms with Gasteiger partial charge in [0.05, 0.1) is 19.5 Å². The van der Waals surface area contributed by atoms with Crippen molar-refractivity contribution in [2.45, 2.75) is 25.4 Å². The number of carbonyl (C=O) groups is 1. The molecule has 0 saturated carbocycles. The first-order valence-electron chi connectivity index (χ1n) is 5.77. The molecule has 1 N–H and O–H groups in total. The molecule has 0 bridgehead atoms. The summed E-state index contributed by atoms with van der Waals surface area (Å²) >= 11 is 0. The fourth-order valence-electron chi connectivity index (χ4n) is 2.19. The van der Waals surface area contributed by atoms with Gasteiger partial charge < -0.3 is 14.3 Å². The first-order valence-corrected chi connectivity index (χ1v) is 5.77. The highest BCUT2D eigenvalue weighted by atomic mass is 16.5. The average molecular weight is 239 g/mol. The number of morpholine rings is 1. The lowest BCUT2D eigenvalue weighted by molar-refractivity contribution is -0.151. The largest absolute Gasteiger partial charge is 0.480 e. The summed E-state index contributed by atoms with van der Waals surface area (Å²) in [5.41, 5.74) is 0. The molecule has 2 atom stereocenters. The van der Waals surface area contributed by atoms with E-state index in [0.717, 1.165) is 12.2 Å². The van der Waals surface area contributed by atoms with Crippen LogP contribution < -0.4 is 0 Å². The minimum absolute atomic E-state index is 0.131. The van der Waals surface area contributed by atoms with E-state index in [9.17, 15) is 4.79 Å². The molecule has 0 spiro atoms. The Kier molecular flexibility index (Phi) is 3.81. The number of nitrogens with zero attached hydrogens (tertiary/aromatic N) is 1. The van der Waals surface area contributed by atoms with E-state index in [4.69, 9.17) is 14.3 Å². The SMILES string of the molecule is CC(Cc1ccco1)N1CCOCC1C(=O)O. The third-order valence-electron chi connectivity index (χ3n) is 3.10. The predicted molar refractivity (Wildman–Crippen MR) is 60.8 cm³/mol. The van der Waals surface area contributed by atoms with Crippen LogP contribution in [0.2, 0.25) is 0 Å². The molecule has 2 unspecified atom stereocenters. The van der Waals surface area contributed by atoms with Crippen molar-refractivity contribution in [1.29, 1.82) is 0 Å². The lowest BCUT2D eigenvalue weighted by Crippen LogP contribution is -2.54. The molecule has 1 aliphatic rings. The Balaban J connectivity index is 2.00. The Labute approximate surface area is 100.0 Å². The van der Waals surface area contributed by atoms with Crippen LogP contribution in [0.4, 0.5) is 0 Å². The molecule has 0 aromatic carbocycles. The summed E-state index contributed by atoms with van der Waals surface area (Å²) in [6.45, 7) is 3.52. The van der Waals surface area contributed by atoms with Crippen molar-refractivity contribution in [3.8, 4) is 0 Å². The topological polar surface area (TPSA) is 62.9 Å². The van der Waals surface area contributed by atoms with Gasteiger partial charge in [0.2, 0.25) is 0 Å². The average Bonchev–Trinajstić information content (AvgIpc) is 2.81. The van der Waals surface area contributed by atoms with Gasteiger partial charge in [0.15, 0.2) is 0 Å². The van der Waals surface area contributed by atoms with Crippen LogP contribution in [0, 0.1) is 0 Å². The van der Waals surface area contributed by atoms with Gasteiger partial charge in [0.25, 0.3) is 0 Å². The third-order valence-corrected chi connectivity index (χ3v) is 3.10. The Morgan fingerprint density at radius 1 is 1.71 bits per heavy atom. The summed E-state index contributed by atoms with van der Waals surface area (Å²) in [6.07, 6.45) is 2.35. The van der Waals surface area contributed by atoms with Gasteiger partial charge in [0, 0.05) is 19.0 Å². The van der Waals surface area contributed by atoms with E-state index in [1.165, 1.54) is 0 Å². The highest BCUT2D eigenvalue weighted by molar-refractivity contribution is 5.73. The van der Waals surface area contributed by atoms with Crippen LogP contribution in [0.25, 0.3) is 0 Å². The summed E-state index contributed by atoms with van der Waals surface area (Å²) in [5, 5.41) is 9.14. The Morgan fingerprint density at radius 2 is 2.53 bits per heavy atom. The van der Waals surface area contributed by atoms with E-state index in [2.05, 4.69) is 0 Å². The molecule has 0 radical (unpaired) electrons. The number of carboxylic acids is 1. The zero-order chi connectivity index (χ0) is 12.3. The standard InChI is InChI=1S/C12H17NO4/c1-9(7-10-3-2-5-17-10)13-4-6-16-8-11(13)12(14)15/h2-3,5,9,11H,4,6-8H2,1H3,(H,14,15). The van der Waals surface area contributed by atoms with Crippen LogP contribution in [-0.2, 0) is 16.0 Å². The van der Waals surface area contributed by atoms with Crippen LogP contribution in [0.5, 0.6) is 0 Å². The third kappa shape index (κ3) is 2.87. The predicted octanol–water partition coefficient (Wildman–Crippen LogP) is 0.996. The van der Waals surface area contributed by atoms with Gasteiger partial charge in [-0.15, -0.1) is 0 Å². The van der Waals surface area contributed by atoms with E-state index in [1.54, 1.807) is 6.26 Å². The quantitative estimate of drug-likeness (QED) is 0.849. The molecule has 1 fully saturated rings. The zero-order valence-electron chi connectivity index (χ0n) is 9.83. The smallest absolute Gasteiger partial charge is 0.323 e. The number of rotatable bonds is 4. The number of carboxylic acid groups (broad SMARTS) is 1. The summed E-state index contributed by atoms with van der Waals surface area (Å²) in [6, 6.07) is 3.34. The number of hydrogen-bond acceptors (Lipinski definition) is 4. The molecule has 1 aromatic heterocycles. The second-order valence-corrected chi connectivity index (χ2v) is 4.30. The number of ether oxygens (including phenoxy) is 1. The Bertz CT molecular complexity index is 363. The van der Waals surface area contributed by atoms with Gasteiger partial charge in [-0.05, 0) is 19.1 Å². The fourth-order valence-corrected chi connectivity index (χ4v) is 2.19. The van der Waals surface area contributed by atoms with E-state index in [1.807, 2.05) is 24.0 Å². The van der Waals surface area contributed by atoms with E-state index < -0.39 is 12.0 Å². The van der Waals surface area contributed by atoms with Gasteiger partial charge in [-0.3, -0.25) is 9.69 Å². The van der Waals surface area contributed by atoms with Crippen LogP contribution >= 0.6 is 0 Å². The Hall–Kier alpha value is -1.33. The van der Waals surface area contributed by atoms with Crippen molar-refractivity contribution < 1.29 is 19.1 Å². The molecule has 1 aliphatic heterocycles. The van der Waals surface area contributed by atoms with Crippen LogP contribution in [0.15, 0.2) is 22.8 Å². The molecule has 0 amide bonds. The monoisotopic (exact) mass is 239 g/mol. The molecule has 1 saturated heterocycles. The minimum atomic E-state index is -0.823. The van der Waals surface area contributed by atoms with Crippen molar-refractivity contribution in [2.24, 2.45) is 0 Å². The van der Waals surface area contributed by atoms with Gasteiger partial charge in [-0.2, -0.15) is 0 Å². The first kappa shape index (κ1) is 12.1. The lowest BCUT2D eigenvalue weighted by Gasteiger charge is -2.37. The van der Waals surface area contributed by atoms with Gasteiger partial charge >= 0.3 is 5.97 Å². The van der Waals surface area contributed by atoms with Crippen LogP contribution in [0.3, 0.4) is 0 Å². The second-order valence-electron chi connectivity index (χ2n) is 4.30. The zero-order valence-corrected chi connectivity index (χ0v) is 9.83. The highest BCUT2D eigenvalue weighted by Crippen LogP contribution is 2.15. The summed E-state index contributed by atoms with van der Waals surface area (Å²) in [4.78, 5) is 13.1. The van der Waals surface area contributed by atoms with Crippen molar-refractivity contribution in [3.63, 3.8) is 0 Å². The van der Waals surface area contributed by atoms with Gasteiger partial charge in [-0.1, -0.05) is 0 Å². The van der Waals surface area contributed by atoms with Crippen molar-refractivity contribution in [3.05, 3.63) is 24.2 Å². The molecular weight excluding hydrogens is 222 g/mol. The molecule has 1 aromatic rings. The van der Waals surface area contributed by atoms with Crippen molar-refractivity contribution >= 4 is 5.97 Å². The number of hydrogen-bond donors (Lipinski definition) is 1. The van der Waals surface area contributed by atoms with Crippen LogP contribution in [-0.4, -0.2) is 47.8 Å². The molecule has 5 heteroatoms. The summed E-state index contributed by atoms with van der Waals surface area (Å²) < 4.78 is 10.5. The number of furan rings is 1. The molecule has 5 nitrogen and oxygen atoms in total. The fraction of sp³-hybridized carbons (Fsp3) is 0.583. The summed E-state index contributed by atoms with van der Waals surface area (Å²) in [7, 11) is 0. The van der Waals surface area contributed by atoms with Gasteiger partial charge in [0.1, 0.15) is 11.8 Å². The second kappa shape index (κ2) is 5.33. The highest BCUT2D eigenvalue weighted by Gasteiger charge is 2.32. The van der Waals surface area contributed by atoms with Crippen molar-refractivity contribution in [2.75, 3.05) is 19.8 Å². The molecular formula is C12H17NO4. The lowest BCUT2D eigenvalue weighted by atomic mass is 10.1. The molecule has 2 heterocycles. The summed E-state index contributed by atoms with van der Waals surface area (Å²) in [5.74, 6) is 0.0594. The van der Waals surface area contributed by atoms with Crippen molar-refractivity contribution in [1.82, 2.24) is 4.90 Å². The molecule has 0 aliphatic carbocycles. The van der Waals surface area contributed by atoms with E-state index in [-0.39, 0.29) is 12.6 Å². The maximum absolute atomic E-state index is 11.1. The van der Waals surface area contributed by atoms with Crippen LogP contribution in [0.1, 0.15) is 12.7 Å². The Morgan fingerprint density at radius 3 is 3.18 bits per heavy atom.